The van der Waals surface area contributed by atoms with Gasteiger partial charge in [-0.05, 0) is 25.1 Å². The van der Waals surface area contributed by atoms with Crippen LogP contribution >= 0.6 is 15.9 Å². The second-order valence-electron chi connectivity index (χ2n) is 4.89. The van der Waals surface area contributed by atoms with Crippen molar-refractivity contribution in [2.24, 2.45) is 0 Å². The van der Waals surface area contributed by atoms with Gasteiger partial charge in [0.05, 0.1) is 17.6 Å². The van der Waals surface area contributed by atoms with Crippen LogP contribution in [0.15, 0.2) is 53.0 Å². The fraction of sp³-hybridized carbons (Fsp3) is 0.176. The smallest absolute Gasteiger partial charge is 0.168 e. The van der Waals surface area contributed by atoms with Crippen LogP contribution < -0.4 is 0 Å². The number of carbonyl (C=O) groups excluding carboxylic acids is 1. The van der Waals surface area contributed by atoms with E-state index in [0.717, 1.165) is 27.6 Å². The summed E-state index contributed by atoms with van der Waals surface area (Å²) in [6.45, 7) is 2.85. The molecule has 0 atom stereocenters. The Labute approximate surface area is 131 Å². The van der Waals surface area contributed by atoms with Crippen LogP contribution in [0, 0.1) is 0 Å². The standard InChI is InChI=1S/C17H15BrN2O/c1-2-20-16-6-4-3-5-14(16)15(19-20)11-17(21)12-7-9-13(18)10-8-12/h3-10H,2,11H2,1H3. The summed E-state index contributed by atoms with van der Waals surface area (Å²) in [4.78, 5) is 12.4. The van der Waals surface area contributed by atoms with E-state index in [2.05, 4.69) is 28.0 Å². The van der Waals surface area contributed by atoms with Gasteiger partial charge in [0, 0.05) is 22.0 Å². The van der Waals surface area contributed by atoms with Crippen molar-refractivity contribution in [2.75, 3.05) is 0 Å². The molecule has 0 aliphatic heterocycles. The number of ketones is 1. The molecule has 0 fully saturated rings. The van der Waals surface area contributed by atoms with Crippen molar-refractivity contribution >= 4 is 32.6 Å². The van der Waals surface area contributed by atoms with Crippen molar-refractivity contribution < 1.29 is 4.79 Å². The van der Waals surface area contributed by atoms with Gasteiger partial charge in [0.25, 0.3) is 0 Å². The molecule has 1 aromatic heterocycles. The number of nitrogens with zero attached hydrogens (tertiary/aromatic N) is 2. The lowest BCUT2D eigenvalue weighted by Crippen LogP contribution is -2.05. The minimum Gasteiger partial charge on any atom is -0.294 e. The minimum absolute atomic E-state index is 0.0917. The predicted molar refractivity (Wildman–Crippen MR) is 87.6 cm³/mol. The zero-order valence-electron chi connectivity index (χ0n) is 11.7. The lowest BCUT2D eigenvalue weighted by molar-refractivity contribution is 0.0992. The Hall–Kier alpha value is -1.94. The van der Waals surface area contributed by atoms with Gasteiger partial charge in [-0.25, -0.2) is 0 Å². The molecule has 3 aromatic rings. The maximum Gasteiger partial charge on any atom is 0.168 e. The van der Waals surface area contributed by atoms with E-state index in [0.29, 0.717) is 12.0 Å². The first-order valence-corrected chi connectivity index (χ1v) is 7.71. The molecule has 0 bridgehead atoms. The third-order valence-corrected chi connectivity index (χ3v) is 4.06. The van der Waals surface area contributed by atoms with Crippen LogP contribution in [-0.2, 0) is 13.0 Å². The Kier molecular flexibility index (Phi) is 3.88. The van der Waals surface area contributed by atoms with Crippen LogP contribution in [0.25, 0.3) is 10.9 Å². The number of rotatable bonds is 4. The van der Waals surface area contributed by atoms with E-state index < -0.39 is 0 Å². The Balaban J connectivity index is 1.94. The number of benzene rings is 2. The summed E-state index contributed by atoms with van der Waals surface area (Å²) in [6, 6.07) is 15.5. The second-order valence-corrected chi connectivity index (χ2v) is 5.80. The van der Waals surface area contributed by atoms with E-state index >= 15 is 0 Å². The molecule has 106 valence electrons. The molecule has 21 heavy (non-hydrogen) atoms. The summed E-state index contributed by atoms with van der Waals surface area (Å²) in [5.74, 6) is 0.0917. The summed E-state index contributed by atoms with van der Waals surface area (Å²) >= 11 is 3.38. The normalized spacial score (nSPS) is 11.0. The summed E-state index contributed by atoms with van der Waals surface area (Å²) in [6.07, 6.45) is 0.329. The van der Waals surface area contributed by atoms with Crippen molar-refractivity contribution in [3.05, 3.63) is 64.3 Å². The molecule has 0 radical (unpaired) electrons. The Morgan fingerprint density at radius 2 is 1.86 bits per heavy atom. The molecule has 0 aliphatic rings. The van der Waals surface area contributed by atoms with E-state index in [4.69, 9.17) is 0 Å². The number of aromatic nitrogens is 2. The molecule has 3 rings (SSSR count). The van der Waals surface area contributed by atoms with E-state index in [1.54, 1.807) is 0 Å². The summed E-state index contributed by atoms with van der Waals surface area (Å²) in [5.41, 5.74) is 2.65. The van der Waals surface area contributed by atoms with Crippen molar-refractivity contribution in [1.29, 1.82) is 0 Å². The van der Waals surface area contributed by atoms with Gasteiger partial charge in [0.1, 0.15) is 0 Å². The molecular weight excluding hydrogens is 328 g/mol. The number of para-hydroxylation sites is 1. The molecule has 3 nitrogen and oxygen atoms in total. The first-order valence-electron chi connectivity index (χ1n) is 6.92. The maximum absolute atomic E-state index is 12.4. The molecule has 1 heterocycles. The van der Waals surface area contributed by atoms with Crippen LogP contribution in [0.3, 0.4) is 0 Å². The number of fused-ring (bicyclic) bond motifs is 1. The van der Waals surface area contributed by atoms with Crippen LogP contribution in [0.2, 0.25) is 0 Å². The zero-order valence-corrected chi connectivity index (χ0v) is 13.3. The highest BCUT2D eigenvalue weighted by Crippen LogP contribution is 2.20. The number of halogens is 1. The molecule has 0 amide bonds. The maximum atomic E-state index is 12.4. The van der Waals surface area contributed by atoms with Gasteiger partial charge < -0.3 is 0 Å². The second kappa shape index (κ2) is 5.82. The van der Waals surface area contributed by atoms with E-state index in [9.17, 15) is 4.79 Å². The fourth-order valence-electron chi connectivity index (χ4n) is 2.46. The van der Waals surface area contributed by atoms with E-state index in [-0.39, 0.29) is 5.78 Å². The average molecular weight is 343 g/mol. The topological polar surface area (TPSA) is 34.9 Å². The number of hydrogen-bond donors (Lipinski definition) is 0. The molecule has 0 aliphatic carbocycles. The summed E-state index contributed by atoms with van der Waals surface area (Å²) in [5, 5.41) is 5.64. The van der Waals surface area contributed by atoms with Crippen LogP contribution in [0.1, 0.15) is 23.0 Å². The quantitative estimate of drug-likeness (QED) is 0.664. The SMILES string of the molecule is CCn1nc(CC(=O)c2ccc(Br)cc2)c2ccccc21. The number of carbonyl (C=O) groups is 1. The molecule has 0 saturated carbocycles. The fourth-order valence-corrected chi connectivity index (χ4v) is 2.72. The minimum atomic E-state index is 0.0917. The highest BCUT2D eigenvalue weighted by Gasteiger charge is 2.14. The van der Waals surface area contributed by atoms with Gasteiger partial charge in [-0.2, -0.15) is 5.10 Å². The number of Topliss-reactive ketones (excluding diaryl/α,β-unsaturated/α-hetero) is 1. The predicted octanol–water partition coefficient (Wildman–Crippen LogP) is 4.24. The first kappa shape index (κ1) is 14.0. The lowest BCUT2D eigenvalue weighted by Gasteiger charge is -2.00. The van der Waals surface area contributed by atoms with Gasteiger partial charge in [-0.15, -0.1) is 0 Å². The number of aryl methyl sites for hydroxylation is 1. The van der Waals surface area contributed by atoms with Gasteiger partial charge in [-0.3, -0.25) is 9.48 Å². The van der Waals surface area contributed by atoms with Gasteiger partial charge >= 0.3 is 0 Å². The molecule has 0 N–H and O–H groups in total. The first-order chi connectivity index (χ1) is 10.2. The van der Waals surface area contributed by atoms with Gasteiger partial charge in [0.15, 0.2) is 5.78 Å². The zero-order chi connectivity index (χ0) is 14.8. The molecule has 0 spiro atoms. The molecule has 4 heteroatoms. The van der Waals surface area contributed by atoms with Crippen LogP contribution in [0.4, 0.5) is 0 Å². The molecular formula is C17H15BrN2O. The van der Waals surface area contributed by atoms with Gasteiger partial charge in [0.2, 0.25) is 0 Å². The Morgan fingerprint density at radius 3 is 2.57 bits per heavy atom. The Morgan fingerprint density at radius 1 is 1.14 bits per heavy atom. The van der Waals surface area contributed by atoms with E-state index in [1.165, 1.54) is 0 Å². The van der Waals surface area contributed by atoms with Crippen LogP contribution in [-0.4, -0.2) is 15.6 Å². The lowest BCUT2D eigenvalue weighted by atomic mass is 10.0. The highest BCUT2D eigenvalue weighted by atomic mass is 79.9. The Bertz CT molecular complexity index is 790. The van der Waals surface area contributed by atoms with Gasteiger partial charge in [-0.1, -0.05) is 46.3 Å². The highest BCUT2D eigenvalue weighted by molar-refractivity contribution is 9.10. The summed E-state index contributed by atoms with van der Waals surface area (Å²) < 4.78 is 2.92. The molecule has 2 aromatic carbocycles. The third kappa shape index (κ3) is 2.76. The molecule has 0 saturated heterocycles. The van der Waals surface area contributed by atoms with Crippen molar-refractivity contribution in [3.8, 4) is 0 Å². The average Bonchev–Trinajstić information content (AvgIpc) is 2.86. The van der Waals surface area contributed by atoms with E-state index in [1.807, 2.05) is 53.2 Å². The van der Waals surface area contributed by atoms with Crippen molar-refractivity contribution in [3.63, 3.8) is 0 Å². The third-order valence-electron chi connectivity index (χ3n) is 3.53. The monoisotopic (exact) mass is 342 g/mol. The van der Waals surface area contributed by atoms with Crippen molar-refractivity contribution in [2.45, 2.75) is 19.9 Å². The summed E-state index contributed by atoms with van der Waals surface area (Å²) in [7, 11) is 0. The van der Waals surface area contributed by atoms with Crippen molar-refractivity contribution in [1.82, 2.24) is 9.78 Å². The molecule has 0 unspecified atom stereocenters. The largest absolute Gasteiger partial charge is 0.294 e. The van der Waals surface area contributed by atoms with Crippen LogP contribution in [0.5, 0.6) is 0 Å². The number of hydrogen-bond acceptors (Lipinski definition) is 2.